The summed E-state index contributed by atoms with van der Waals surface area (Å²) in [6.45, 7) is 0. The SMILES string of the molecule is O=C(O)c1[nH]c(Br)c(Br)c1C(=O)O. The van der Waals surface area contributed by atoms with Crippen LogP contribution < -0.4 is 0 Å². The number of carbonyl (C=O) groups is 2. The minimum absolute atomic E-state index is 0.192. The second-order valence-electron chi connectivity index (χ2n) is 2.11. The lowest BCUT2D eigenvalue weighted by Gasteiger charge is -1.92. The number of carboxylic acid groups (broad SMARTS) is 2. The maximum Gasteiger partial charge on any atom is 0.353 e. The number of aromatic nitrogens is 1. The van der Waals surface area contributed by atoms with Gasteiger partial charge in [-0.25, -0.2) is 9.59 Å². The summed E-state index contributed by atoms with van der Waals surface area (Å²) >= 11 is 5.92. The van der Waals surface area contributed by atoms with Crippen LogP contribution in [-0.4, -0.2) is 27.1 Å². The first-order valence-corrected chi connectivity index (χ1v) is 4.57. The molecule has 1 rings (SSSR count). The van der Waals surface area contributed by atoms with Gasteiger partial charge >= 0.3 is 11.9 Å². The first-order chi connectivity index (χ1) is 5.95. The van der Waals surface area contributed by atoms with Gasteiger partial charge < -0.3 is 15.2 Å². The smallest absolute Gasteiger partial charge is 0.353 e. The van der Waals surface area contributed by atoms with Crippen molar-refractivity contribution in [1.82, 2.24) is 4.98 Å². The third-order valence-corrected chi connectivity index (χ3v) is 3.24. The summed E-state index contributed by atoms with van der Waals surface area (Å²) < 4.78 is 0.486. The number of aromatic amines is 1. The van der Waals surface area contributed by atoms with Gasteiger partial charge in [0.2, 0.25) is 0 Å². The van der Waals surface area contributed by atoms with E-state index in [1.54, 1.807) is 0 Å². The zero-order chi connectivity index (χ0) is 10.2. The average molecular weight is 313 g/mol. The van der Waals surface area contributed by atoms with E-state index in [0.29, 0.717) is 4.60 Å². The number of carboxylic acids is 2. The van der Waals surface area contributed by atoms with Crippen molar-refractivity contribution >= 4 is 43.8 Å². The highest BCUT2D eigenvalue weighted by molar-refractivity contribution is 9.13. The lowest BCUT2D eigenvalue weighted by Crippen LogP contribution is -2.06. The maximum absolute atomic E-state index is 10.6. The summed E-state index contributed by atoms with van der Waals surface area (Å²) in [5.41, 5.74) is -0.648. The van der Waals surface area contributed by atoms with Gasteiger partial charge in [-0.3, -0.25) is 0 Å². The molecule has 0 aliphatic heterocycles. The van der Waals surface area contributed by atoms with Gasteiger partial charge in [-0.15, -0.1) is 0 Å². The molecule has 3 N–H and O–H groups in total. The fourth-order valence-electron chi connectivity index (χ4n) is 0.808. The highest BCUT2D eigenvalue weighted by atomic mass is 79.9. The molecule has 1 aromatic heterocycles. The summed E-state index contributed by atoms with van der Waals surface area (Å²) in [5, 5.41) is 17.3. The number of aromatic carboxylic acids is 2. The molecule has 0 saturated heterocycles. The largest absolute Gasteiger partial charge is 0.478 e. The van der Waals surface area contributed by atoms with Crippen molar-refractivity contribution in [3.63, 3.8) is 0 Å². The Hall–Kier alpha value is -0.820. The van der Waals surface area contributed by atoms with Gasteiger partial charge in [0.15, 0.2) is 0 Å². The van der Waals surface area contributed by atoms with Crippen LogP contribution in [0.15, 0.2) is 9.08 Å². The quantitative estimate of drug-likeness (QED) is 0.778. The zero-order valence-electron chi connectivity index (χ0n) is 5.97. The Morgan fingerprint density at radius 3 is 2.00 bits per heavy atom. The van der Waals surface area contributed by atoms with E-state index in [1.165, 1.54) is 0 Å². The Kier molecular flexibility index (Phi) is 2.77. The summed E-state index contributed by atoms with van der Waals surface area (Å²) in [7, 11) is 0. The van der Waals surface area contributed by atoms with Crippen molar-refractivity contribution in [3.8, 4) is 0 Å². The molecule has 0 fully saturated rings. The Morgan fingerprint density at radius 1 is 1.15 bits per heavy atom. The average Bonchev–Trinajstić information content (AvgIpc) is 2.28. The number of hydrogen-bond donors (Lipinski definition) is 3. The normalized spacial score (nSPS) is 10.0. The van der Waals surface area contributed by atoms with Crippen LogP contribution >= 0.6 is 31.9 Å². The van der Waals surface area contributed by atoms with Crippen LogP contribution in [0.5, 0.6) is 0 Å². The van der Waals surface area contributed by atoms with E-state index in [9.17, 15) is 9.59 Å². The van der Waals surface area contributed by atoms with Gasteiger partial charge in [-0.05, 0) is 31.9 Å². The molecule has 0 saturated carbocycles. The van der Waals surface area contributed by atoms with Crippen LogP contribution in [0.25, 0.3) is 0 Å². The number of hydrogen-bond acceptors (Lipinski definition) is 2. The van der Waals surface area contributed by atoms with Crippen molar-refractivity contribution in [3.05, 3.63) is 20.3 Å². The third-order valence-electron chi connectivity index (χ3n) is 1.32. The van der Waals surface area contributed by atoms with E-state index < -0.39 is 11.9 Å². The molecule has 5 nitrogen and oxygen atoms in total. The predicted octanol–water partition coefficient (Wildman–Crippen LogP) is 1.94. The highest BCUT2D eigenvalue weighted by Gasteiger charge is 2.24. The number of halogens is 2. The molecule has 70 valence electrons. The van der Waals surface area contributed by atoms with E-state index in [4.69, 9.17) is 10.2 Å². The van der Waals surface area contributed by atoms with Crippen LogP contribution in [-0.2, 0) is 0 Å². The van der Waals surface area contributed by atoms with E-state index in [-0.39, 0.29) is 15.7 Å². The van der Waals surface area contributed by atoms with Crippen LogP contribution in [0.1, 0.15) is 20.8 Å². The molecular formula is C6H3Br2NO4. The number of nitrogens with one attached hydrogen (secondary N) is 1. The molecule has 0 amide bonds. The van der Waals surface area contributed by atoms with Crippen LogP contribution in [0.3, 0.4) is 0 Å². The van der Waals surface area contributed by atoms with E-state index >= 15 is 0 Å². The molecule has 0 aliphatic rings. The minimum Gasteiger partial charge on any atom is -0.478 e. The van der Waals surface area contributed by atoms with E-state index in [0.717, 1.165) is 0 Å². The molecule has 0 atom stereocenters. The van der Waals surface area contributed by atoms with E-state index in [1.807, 2.05) is 0 Å². The first-order valence-electron chi connectivity index (χ1n) is 2.98. The predicted molar refractivity (Wildman–Crippen MR) is 50.1 cm³/mol. The van der Waals surface area contributed by atoms with Crippen molar-refractivity contribution in [2.75, 3.05) is 0 Å². The van der Waals surface area contributed by atoms with Crippen LogP contribution in [0, 0.1) is 0 Å². The second-order valence-corrected chi connectivity index (χ2v) is 3.70. The van der Waals surface area contributed by atoms with Gasteiger partial charge in [-0.2, -0.15) is 0 Å². The molecule has 0 bridgehead atoms. The molecule has 0 radical (unpaired) electrons. The van der Waals surface area contributed by atoms with Crippen molar-refractivity contribution in [1.29, 1.82) is 0 Å². The molecule has 1 heterocycles. The highest BCUT2D eigenvalue weighted by Crippen LogP contribution is 2.29. The van der Waals surface area contributed by atoms with Crippen LogP contribution in [0.2, 0.25) is 0 Å². The van der Waals surface area contributed by atoms with Crippen molar-refractivity contribution in [2.45, 2.75) is 0 Å². The van der Waals surface area contributed by atoms with Crippen LogP contribution in [0.4, 0.5) is 0 Å². The van der Waals surface area contributed by atoms with Crippen molar-refractivity contribution in [2.24, 2.45) is 0 Å². The maximum atomic E-state index is 10.6. The third kappa shape index (κ3) is 1.75. The molecule has 13 heavy (non-hydrogen) atoms. The van der Waals surface area contributed by atoms with E-state index in [2.05, 4.69) is 36.8 Å². The molecular weight excluding hydrogens is 310 g/mol. The fraction of sp³-hybridized carbons (Fsp3) is 0. The minimum atomic E-state index is -1.32. The van der Waals surface area contributed by atoms with Gasteiger partial charge in [0.25, 0.3) is 0 Å². The summed E-state index contributed by atoms with van der Waals surface area (Å²) in [6, 6.07) is 0. The fourth-order valence-corrected chi connectivity index (χ4v) is 1.67. The van der Waals surface area contributed by atoms with Crippen molar-refractivity contribution < 1.29 is 19.8 Å². The molecule has 0 aromatic carbocycles. The Morgan fingerprint density at radius 2 is 1.69 bits per heavy atom. The number of H-pyrrole nitrogens is 1. The molecule has 7 heteroatoms. The number of rotatable bonds is 2. The summed E-state index contributed by atoms with van der Waals surface area (Å²) in [5.74, 6) is -2.62. The molecule has 0 unspecified atom stereocenters. The molecule has 1 aromatic rings. The molecule has 0 spiro atoms. The Bertz CT molecular complexity index is 384. The van der Waals surface area contributed by atoms with Gasteiger partial charge in [0, 0.05) is 0 Å². The summed E-state index contributed by atoms with van der Waals surface area (Å²) in [4.78, 5) is 23.6. The monoisotopic (exact) mass is 311 g/mol. The lowest BCUT2D eigenvalue weighted by atomic mass is 10.2. The van der Waals surface area contributed by atoms with Gasteiger partial charge in [-0.1, -0.05) is 0 Å². The Balaban J connectivity index is 3.44. The van der Waals surface area contributed by atoms with Gasteiger partial charge in [0.05, 0.1) is 9.08 Å². The topological polar surface area (TPSA) is 90.4 Å². The second kappa shape index (κ2) is 3.51. The standard InChI is InChI=1S/C6H3Br2NO4/c7-2-1(5(10)11)3(6(12)13)9-4(2)8/h9H,(H,10,11)(H,12,13). The lowest BCUT2D eigenvalue weighted by molar-refractivity contribution is 0.0648. The zero-order valence-corrected chi connectivity index (χ0v) is 9.14. The van der Waals surface area contributed by atoms with Gasteiger partial charge in [0.1, 0.15) is 11.3 Å². The summed E-state index contributed by atoms with van der Waals surface area (Å²) in [6.07, 6.45) is 0. The molecule has 0 aliphatic carbocycles. The Labute approximate surface area is 89.0 Å². The first kappa shape index (κ1) is 10.3.